The molecule has 2 aliphatic rings. The van der Waals surface area contributed by atoms with Gasteiger partial charge in [0.2, 0.25) is 0 Å². The summed E-state index contributed by atoms with van der Waals surface area (Å²) in [5.74, 6) is 1.49. The van der Waals surface area contributed by atoms with Crippen molar-refractivity contribution in [3.8, 4) is 11.5 Å². The van der Waals surface area contributed by atoms with Crippen LogP contribution in [-0.2, 0) is 4.79 Å². The first-order valence-corrected chi connectivity index (χ1v) is 11.7. The Morgan fingerprint density at radius 1 is 0.969 bits per heavy atom. The van der Waals surface area contributed by atoms with Crippen LogP contribution in [0.15, 0.2) is 82.3 Å². The molecule has 4 nitrogen and oxygen atoms in total. The molecule has 0 spiro atoms. The topological polar surface area (TPSA) is 50.7 Å². The van der Waals surface area contributed by atoms with E-state index < -0.39 is 0 Å². The zero-order valence-corrected chi connectivity index (χ0v) is 19.7. The zero-order valence-electron chi connectivity index (χ0n) is 18.1. The molecule has 0 radical (unpaired) electrons. The lowest BCUT2D eigenvalue weighted by Crippen LogP contribution is -2.42. The van der Waals surface area contributed by atoms with E-state index in [-0.39, 0.29) is 23.2 Å². The van der Waals surface area contributed by atoms with E-state index in [1.807, 2.05) is 72.8 Å². The van der Waals surface area contributed by atoms with E-state index in [1.165, 1.54) is 0 Å². The third-order valence-electron chi connectivity index (χ3n) is 6.13. The fourth-order valence-corrected chi connectivity index (χ4v) is 5.06. The summed E-state index contributed by atoms with van der Waals surface area (Å²) in [4.78, 5) is 18.3. The minimum atomic E-state index is -0.273. The van der Waals surface area contributed by atoms with Gasteiger partial charge in [-0.25, -0.2) is 0 Å². The van der Waals surface area contributed by atoms with Gasteiger partial charge in [-0.05, 0) is 69.7 Å². The van der Waals surface area contributed by atoms with Crippen LogP contribution in [0.5, 0.6) is 11.5 Å². The van der Waals surface area contributed by atoms with E-state index in [0.717, 1.165) is 45.0 Å². The number of rotatable bonds is 3. The second-order valence-corrected chi connectivity index (χ2v) is 10.2. The number of fused-ring (bicyclic) bond motifs is 2. The van der Waals surface area contributed by atoms with E-state index in [9.17, 15) is 4.79 Å². The predicted molar refractivity (Wildman–Crippen MR) is 132 cm³/mol. The fourth-order valence-electron chi connectivity index (χ4n) is 4.69. The van der Waals surface area contributed by atoms with Crippen LogP contribution >= 0.6 is 15.9 Å². The Morgan fingerprint density at radius 3 is 2.47 bits per heavy atom. The normalized spacial score (nSPS) is 21.5. The van der Waals surface area contributed by atoms with Crippen molar-refractivity contribution in [2.45, 2.75) is 32.7 Å². The van der Waals surface area contributed by atoms with Crippen molar-refractivity contribution >= 4 is 38.8 Å². The van der Waals surface area contributed by atoms with Gasteiger partial charge in [-0.15, -0.1) is 0 Å². The van der Waals surface area contributed by atoms with Crippen molar-refractivity contribution in [3.05, 3.63) is 82.8 Å². The van der Waals surface area contributed by atoms with E-state index in [1.54, 1.807) is 0 Å². The maximum Gasteiger partial charge on any atom is 0.144 e. The third kappa shape index (κ3) is 4.09. The SMILES string of the molecule is CC1(C)CC(=O)C2C(=Nc3ccccc3NC2c2ccc(Oc3ccccc3Br)cc2)C1. The number of ketones is 1. The highest BCUT2D eigenvalue weighted by atomic mass is 79.9. The standard InChI is InChI=1S/C27H25BrN2O2/c1-27(2)15-22-25(23(31)16-27)26(30-21-9-5-4-8-20(21)29-22)17-11-13-18(14-12-17)32-24-10-6-3-7-19(24)28/h3-14,25-26,30H,15-16H2,1-2H3. The van der Waals surface area contributed by atoms with Crippen molar-refractivity contribution in [1.82, 2.24) is 0 Å². The molecule has 32 heavy (non-hydrogen) atoms. The first kappa shape index (κ1) is 21.0. The van der Waals surface area contributed by atoms with Crippen molar-refractivity contribution in [1.29, 1.82) is 0 Å². The zero-order chi connectivity index (χ0) is 22.3. The molecule has 1 heterocycles. The van der Waals surface area contributed by atoms with Crippen LogP contribution in [-0.4, -0.2) is 11.5 Å². The summed E-state index contributed by atoms with van der Waals surface area (Å²) in [5, 5.41) is 3.63. The average Bonchev–Trinajstić information content (AvgIpc) is 2.91. The number of Topliss-reactive ketones (excluding diaryl/α,β-unsaturated/α-hetero) is 1. The van der Waals surface area contributed by atoms with Gasteiger partial charge >= 0.3 is 0 Å². The second-order valence-electron chi connectivity index (χ2n) is 9.31. The smallest absolute Gasteiger partial charge is 0.144 e. The van der Waals surface area contributed by atoms with Gasteiger partial charge in [0.05, 0.1) is 27.8 Å². The lowest BCUT2D eigenvalue weighted by molar-refractivity contribution is -0.124. The number of para-hydroxylation sites is 3. The van der Waals surface area contributed by atoms with E-state index in [4.69, 9.17) is 9.73 Å². The Hall–Kier alpha value is -2.92. The number of anilines is 1. The number of hydrogen-bond acceptors (Lipinski definition) is 4. The number of nitrogens with one attached hydrogen (secondary N) is 1. The number of benzene rings is 3. The van der Waals surface area contributed by atoms with Gasteiger partial charge in [0.15, 0.2) is 0 Å². The number of carbonyl (C=O) groups excluding carboxylic acids is 1. The van der Waals surface area contributed by atoms with E-state index in [2.05, 4.69) is 35.1 Å². The summed E-state index contributed by atoms with van der Waals surface area (Å²) in [6.45, 7) is 4.30. The Labute approximate surface area is 196 Å². The largest absolute Gasteiger partial charge is 0.456 e. The molecular formula is C27H25BrN2O2. The Balaban J connectivity index is 1.50. The summed E-state index contributed by atoms with van der Waals surface area (Å²) in [5.41, 5.74) is 3.80. The molecule has 1 fully saturated rings. The van der Waals surface area contributed by atoms with Gasteiger partial charge in [0.1, 0.15) is 17.3 Å². The molecule has 1 aliphatic heterocycles. The molecule has 1 aliphatic carbocycles. The lowest BCUT2D eigenvalue weighted by atomic mass is 9.68. The van der Waals surface area contributed by atoms with Crippen LogP contribution in [0.1, 0.15) is 38.3 Å². The first-order valence-electron chi connectivity index (χ1n) is 10.9. The molecule has 0 amide bonds. The number of carbonyl (C=O) groups is 1. The first-order chi connectivity index (χ1) is 15.4. The molecule has 1 saturated carbocycles. The van der Waals surface area contributed by atoms with Crippen molar-refractivity contribution in [2.75, 3.05) is 5.32 Å². The van der Waals surface area contributed by atoms with Gasteiger partial charge in [-0.2, -0.15) is 0 Å². The molecule has 162 valence electrons. The number of ether oxygens (including phenoxy) is 1. The number of aliphatic imine (C=N–C) groups is 1. The maximum atomic E-state index is 13.3. The van der Waals surface area contributed by atoms with Crippen LogP contribution in [0, 0.1) is 11.3 Å². The number of hydrogen-bond donors (Lipinski definition) is 1. The van der Waals surface area contributed by atoms with Gasteiger partial charge in [0.25, 0.3) is 0 Å². The van der Waals surface area contributed by atoms with Crippen molar-refractivity contribution in [2.24, 2.45) is 16.3 Å². The molecule has 5 rings (SSSR count). The fraction of sp³-hybridized carbons (Fsp3) is 0.259. The Bertz CT molecular complexity index is 1200. The van der Waals surface area contributed by atoms with Crippen LogP contribution in [0.3, 0.4) is 0 Å². The highest BCUT2D eigenvalue weighted by Crippen LogP contribution is 2.45. The second kappa shape index (κ2) is 8.21. The maximum absolute atomic E-state index is 13.3. The lowest BCUT2D eigenvalue weighted by Gasteiger charge is -2.37. The third-order valence-corrected chi connectivity index (χ3v) is 6.79. The summed E-state index contributed by atoms with van der Waals surface area (Å²) in [6.07, 6.45) is 1.38. The summed E-state index contributed by atoms with van der Waals surface area (Å²) >= 11 is 3.52. The van der Waals surface area contributed by atoms with Crippen molar-refractivity contribution < 1.29 is 9.53 Å². The summed E-state index contributed by atoms with van der Waals surface area (Å²) < 4.78 is 6.93. The van der Waals surface area contributed by atoms with Crippen LogP contribution in [0.4, 0.5) is 11.4 Å². The Kier molecular flexibility index (Phi) is 5.38. The molecular weight excluding hydrogens is 464 g/mol. The molecule has 2 unspecified atom stereocenters. The quantitative estimate of drug-likeness (QED) is 0.415. The minimum absolute atomic E-state index is 0.0724. The average molecular weight is 489 g/mol. The Morgan fingerprint density at radius 2 is 1.69 bits per heavy atom. The molecule has 2 atom stereocenters. The van der Waals surface area contributed by atoms with Crippen LogP contribution in [0.2, 0.25) is 0 Å². The van der Waals surface area contributed by atoms with Gasteiger partial charge in [-0.1, -0.05) is 50.2 Å². The molecule has 3 aromatic carbocycles. The highest BCUT2D eigenvalue weighted by Gasteiger charge is 2.43. The minimum Gasteiger partial charge on any atom is -0.456 e. The molecule has 3 aromatic rings. The highest BCUT2D eigenvalue weighted by molar-refractivity contribution is 9.10. The monoisotopic (exact) mass is 488 g/mol. The predicted octanol–water partition coefficient (Wildman–Crippen LogP) is 7.49. The molecule has 0 aromatic heterocycles. The van der Waals surface area contributed by atoms with Crippen molar-refractivity contribution in [3.63, 3.8) is 0 Å². The molecule has 0 saturated heterocycles. The van der Waals surface area contributed by atoms with Crippen LogP contribution < -0.4 is 10.1 Å². The van der Waals surface area contributed by atoms with Gasteiger partial charge in [0, 0.05) is 12.1 Å². The molecule has 0 bridgehead atoms. The van der Waals surface area contributed by atoms with Crippen LogP contribution in [0.25, 0.3) is 0 Å². The van der Waals surface area contributed by atoms with Gasteiger partial charge < -0.3 is 10.1 Å². The summed E-state index contributed by atoms with van der Waals surface area (Å²) in [6, 6.07) is 23.6. The summed E-state index contributed by atoms with van der Waals surface area (Å²) in [7, 11) is 0. The molecule has 1 N–H and O–H groups in total. The van der Waals surface area contributed by atoms with Gasteiger partial charge in [-0.3, -0.25) is 9.79 Å². The number of halogens is 1. The molecule has 5 heteroatoms. The van der Waals surface area contributed by atoms with E-state index >= 15 is 0 Å². The number of nitrogens with zero attached hydrogens (tertiary/aromatic N) is 1. The van der Waals surface area contributed by atoms with E-state index in [0.29, 0.717) is 6.42 Å².